The van der Waals surface area contributed by atoms with E-state index in [4.69, 9.17) is 4.74 Å². The fourth-order valence-electron chi connectivity index (χ4n) is 3.79. The van der Waals surface area contributed by atoms with Crippen LogP contribution in [0.5, 0.6) is 0 Å². The number of carbonyl (C=O) groups excluding carboxylic acids is 3. The van der Waals surface area contributed by atoms with E-state index in [2.05, 4.69) is 5.32 Å². The maximum absolute atomic E-state index is 13.6. The monoisotopic (exact) mass is 500 g/mol. The van der Waals surface area contributed by atoms with Crippen molar-refractivity contribution in [2.24, 2.45) is 0 Å². The third-order valence-electron chi connectivity index (χ3n) is 5.72. The number of imide groups is 1. The first kappa shape index (κ1) is 25.3. The van der Waals surface area contributed by atoms with Gasteiger partial charge in [0.1, 0.15) is 10.6 Å². The predicted molar refractivity (Wildman–Crippen MR) is 143 cm³/mol. The number of benzene rings is 3. The van der Waals surface area contributed by atoms with Crippen LogP contribution in [0.25, 0.3) is 0 Å². The first-order chi connectivity index (χ1) is 17.3. The number of carbonyl (C=O) groups is 3. The van der Waals surface area contributed by atoms with Crippen LogP contribution in [0.15, 0.2) is 82.2 Å². The Morgan fingerprint density at radius 1 is 0.889 bits per heavy atom. The molecule has 36 heavy (non-hydrogen) atoms. The van der Waals surface area contributed by atoms with Crippen molar-refractivity contribution in [1.29, 1.82) is 0 Å². The van der Waals surface area contributed by atoms with E-state index >= 15 is 0 Å². The molecule has 3 aromatic rings. The Morgan fingerprint density at radius 2 is 1.56 bits per heavy atom. The number of thioether (sulfide) groups is 1. The molecule has 0 spiro atoms. The van der Waals surface area contributed by atoms with Gasteiger partial charge in [-0.3, -0.25) is 9.59 Å². The molecule has 3 aromatic carbocycles. The normalized spacial score (nSPS) is 13.4. The molecule has 2 amide bonds. The molecule has 1 aliphatic heterocycles. The Labute approximate surface area is 215 Å². The lowest BCUT2D eigenvalue weighted by Crippen LogP contribution is -2.32. The van der Waals surface area contributed by atoms with Gasteiger partial charge >= 0.3 is 5.97 Å². The first-order valence-corrected chi connectivity index (χ1v) is 12.6. The number of nitrogens with zero attached hydrogens (tertiary/aromatic N) is 1. The number of hydrogen-bond donors (Lipinski definition) is 1. The third-order valence-corrected chi connectivity index (χ3v) is 6.81. The van der Waals surface area contributed by atoms with Gasteiger partial charge in [-0.1, -0.05) is 54.1 Å². The summed E-state index contributed by atoms with van der Waals surface area (Å²) in [6, 6.07) is 20.0. The van der Waals surface area contributed by atoms with Crippen molar-refractivity contribution in [2.75, 3.05) is 16.8 Å². The second-order valence-corrected chi connectivity index (χ2v) is 9.77. The van der Waals surface area contributed by atoms with Gasteiger partial charge in [0.05, 0.1) is 17.9 Å². The first-order valence-electron chi connectivity index (χ1n) is 11.8. The van der Waals surface area contributed by atoms with E-state index in [1.165, 1.54) is 11.8 Å². The van der Waals surface area contributed by atoms with Crippen molar-refractivity contribution in [2.45, 2.75) is 39.0 Å². The van der Waals surface area contributed by atoms with Crippen LogP contribution in [-0.4, -0.2) is 24.4 Å². The SMILES string of the molecule is CCCOC(=O)c1ccc(N2C(=O)C(Nc3ccc(C)cc3C)=C(Sc3ccc(C)cc3)C2=O)cc1. The van der Waals surface area contributed by atoms with Gasteiger partial charge in [0.25, 0.3) is 11.8 Å². The van der Waals surface area contributed by atoms with Crippen LogP contribution >= 0.6 is 11.8 Å². The molecule has 0 saturated heterocycles. The molecule has 0 saturated carbocycles. The molecule has 0 atom stereocenters. The molecular weight excluding hydrogens is 472 g/mol. The molecule has 6 nitrogen and oxygen atoms in total. The lowest BCUT2D eigenvalue weighted by atomic mass is 10.1. The predicted octanol–water partition coefficient (Wildman–Crippen LogP) is 6.17. The zero-order valence-electron chi connectivity index (χ0n) is 20.8. The summed E-state index contributed by atoms with van der Waals surface area (Å²) in [4.78, 5) is 41.7. The minimum absolute atomic E-state index is 0.226. The summed E-state index contributed by atoms with van der Waals surface area (Å²) in [6.07, 6.45) is 0.726. The van der Waals surface area contributed by atoms with Gasteiger partial charge in [0, 0.05) is 10.6 Å². The van der Waals surface area contributed by atoms with Gasteiger partial charge < -0.3 is 10.1 Å². The molecule has 1 N–H and O–H groups in total. The molecule has 0 aliphatic carbocycles. The Kier molecular flexibility index (Phi) is 7.60. The summed E-state index contributed by atoms with van der Waals surface area (Å²) in [6.45, 7) is 8.21. The number of nitrogens with one attached hydrogen (secondary N) is 1. The summed E-state index contributed by atoms with van der Waals surface area (Å²) in [7, 11) is 0. The van der Waals surface area contributed by atoms with Gasteiger partial charge in [0.2, 0.25) is 0 Å². The summed E-state index contributed by atoms with van der Waals surface area (Å²) in [5.41, 5.74) is 4.91. The second-order valence-electron chi connectivity index (χ2n) is 8.69. The van der Waals surface area contributed by atoms with E-state index in [1.807, 2.05) is 70.2 Å². The molecule has 0 aromatic heterocycles. The molecule has 184 valence electrons. The van der Waals surface area contributed by atoms with Crippen molar-refractivity contribution in [3.63, 3.8) is 0 Å². The minimum atomic E-state index is -0.448. The summed E-state index contributed by atoms with van der Waals surface area (Å²) in [5, 5.41) is 3.22. The van der Waals surface area contributed by atoms with Crippen molar-refractivity contribution in [3.05, 3.63) is 99.6 Å². The largest absolute Gasteiger partial charge is 0.462 e. The number of amides is 2. The number of hydrogen-bond acceptors (Lipinski definition) is 6. The van der Waals surface area contributed by atoms with Crippen LogP contribution in [0.2, 0.25) is 0 Å². The zero-order chi connectivity index (χ0) is 25.8. The molecule has 1 aliphatic rings. The topological polar surface area (TPSA) is 75.7 Å². The second kappa shape index (κ2) is 10.8. The number of ether oxygens (including phenoxy) is 1. The van der Waals surface area contributed by atoms with Crippen LogP contribution < -0.4 is 10.2 Å². The Bertz CT molecular complexity index is 1340. The van der Waals surface area contributed by atoms with Gasteiger partial charge in [-0.25, -0.2) is 9.69 Å². The van der Waals surface area contributed by atoms with Crippen LogP contribution in [0.3, 0.4) is 0 Å². The lowest BCUT2D eigenvalue weighted by molar-refractivity contribution is -0.120. The Morgan fingerprint density at radius 3 is 2.19 bits per heavy atom. The fraction of sp³-hybridized carbons (Fsp3) is 0.207. The average molecular weight is 501 g/mol. The molecule has 7 heteroatoms. The highest BCUT2D eigenvalue weighted by molar-refractivity contribution is 8.04. The standard InChI is InChI=1S/C29H28N2O4S/c1-5-16-35-29(34)21-9-11-22(12-10-21)31-27(32)25(30-24-15-8-19(3)17-20(24)4)26(28(31)33)36-23-13-6-18(2)7-14-23/h6-15,17,30H,5,16H2,1-4H3. The maximum Gasteiger partial charge on any atom is 0.338 e. The highest BCUT2D eigenvalue weighted by atomic mass is 32.2. The van der Waals surface area contributed by atoms with Crippen LogP contribution in [0.4, 0.5) is 11.4 Å². The number of aryl methyl sites for hydroxylation is 3. The number of anilines is 2. The Hall–Kier alpha value is -3.84. The number of esters is 1. The Balaban J connectivity index is 1.68. The van der Waals surface area contributed by atoms with Crippen LogP contribution in [0.1, 0.15) is 40.4 Å². The van der Waals surface area contributed by atoms with E-state index in [0.717, 1.165) is 38.6 Å². The van der Waals surface area contributed by atoms with Crippen molar-refractivity contribution < 1.29 is 19.1 Å². The highest BCUT2D eigenvalue weighted by Gasteiger charge is 2.40. The zero-order valence-corrected chi connectivity index (χ0v) is 21.6. The summed E-state index contributed by atoms with van der Waals surface area (Å²) < 4.78 is 5.17. The van der Waals surface area contributed by atoms with Gasteiger partial charge in [-0.05, 0) is 75.2 Å². The third kappa shape index (κ3) is 5.36. The molecular formula is C29H28N2O4S. The van der Waals surface area contributed by atoms with Crippen molar-refractivity contribution >= 4 is 40.9 Å². The number of rotatable bonds is 8. The maximum atomic E-state index is 13.6. The van der Waals surface area contributed by atoms with Crippen molar-refractivity contribution in [1.82, 2.24) is 0 Å². The van der Waals surface area contributed by atoms with E-state index < -0.39 is 17.8 Å². The quantitative estimate of drug-likeness (QED) is 0.295. The van der Waals surface area contributed by atoms with E-state index in [-0.39, 0.29) is 5.70 Å². The fourth-order valence-corrected chi connectivity index (χ4v) is 4.71. The molecule has 0 fully saturated rings. The van der Waals surface area contributed by atoms with E-state index in [1.54, 1.807) is 24.3 Å². The lowest BCUT2D eigenvalue weighted by Gasteiger charge is -2.16. The van der Waals surface area contributed by atoms with Crippen LogP contribution in [0, 0.1) is 20.8 Å². The van der Waals surface area contributed by atoms with Gasteiger partial charge in [-0.2, -0.15) is 0 Å². The highest BCUT2D eigenvalue weighted by Crippen LogP contribution is 2.38. The van der Waals surface area contributed by atoms with Gasteiger partial charge in [0.15, 0.2) is 0 Å². The average Bonchev–Trinajstić information content (AvgIpc) is 3.09. The smallest absolute Gasteiger partial charge is 0.338 e. The van der Waals surface area contributed by atoms with Crippen LogP contribution in [-0.2, 0) is 14.3 Å². The van der Waals surface area contributed by atoms with E-state index in [0.29, 0.717) is 22.8 Å². The van der Waals surface area contributed by atoms with E-state index in [9.17, 15) is 14.4 Å². The summed E-state index contributed by atoms with van der Waals surface area (Å²) >= 11 is 1.25. The molecule has 1 heterocycles. The molecule has 0 unspecified atom stereocenters. The summed E-state index contributed by atoms with van der Waals surface area (Å²) in [5.74, 6) is -1.30. The molecule has 4 rings (SSSR count). The van der Waals surface area contributed by atoms with Gasteiger partial charge in [-0.15, -0.1) is 0 Å². The molecule has 0 bridgehead atoms. The minimum Gasteiger partial charge on any atom is -0.462 e. The van der Waals surface area contributed by atoms with Crippen molar-refractivity contribution in [3.8, 4) is 0 Å². The molecule has 0 radical (unpaired) electrons.